The molecule has 0 aliphatic heterocycles. The van der Waals surface area contributed by atoms with Gasteiger partial charge in [0.05, 0.1) is 0 Å². The smallest absolute Gasteiger partial charge is 0.238 e. The predicted molar refractivity (Wildman–Crippen MR) is 87.2 cm³/mol. The van der Waals surface area contributed by atoms with Crippen LogP contribution in [0.15, 0.2) is 36.5 Å². The van der Waals surface area contributed by atoms with Crippen molar-refractivity contribution in [3.8, 4) is 11.6 Å². The van der Waals surface area contributed by atoms with Gasteiger partial charge in [0.15, 0.2) is 0 Å². The van der Waals surface area contributed by atoms with Crippen molar-refractivity contribution in [3.05, 3.63) is 52.7 Å². The van der Waals surface area contributed by atoms with Crippen LogP contribution in [-0.2, 0) is 6.54 Å². The molecule has 2 aromatic rings. The van der Waals surface area contributed by atoms with Crippen LogP contribution in [0.25, 0.3) is 0 Å². The average Bonchev–Trinajstić information content (AvgIpc) is 2.48. The number of hydrogen-bond acceptors (Lipinski definition) is 3. The second-order valence-electron chi connectivity index (χ2n) is 5.24. The summed E-state index contributed by atoms with van der Waals surface area (Å²) in [5.41, 5.74) is 2.33. The summed E-state index contributed by atoms with van der Waals surface area (Å²) < 4.78 is 5.74. The summed E-state index contributed by atoms with van der Waals surface area (Å²) in [6, 6.07) is 9.90. The molecule has 1 aromatic heterocycles. The minimum atomic E-state index is 0.439. The van der Waals surface area contributed by atoms with Gasteiger partial charge in [-0.3, -0.25) is 0 Å². The summed E-state index contributed by atoms with van der Waals surface area (Å²) in [5, 5.41) is 3.76. The molecule has 3 nitrogen and oxygen atoms in total. The van der Waals surface area contributed by atoms with Crippen LogP contribution in [0.2, 0.25) is 5.02 Å². The second kappa shape index (κ2) is 7.43. The van der Waals surface area contributed by atoms with Crippen LogP contribution >= 0.6 is 11.6 Å². The van der Waals surface area contributed by atoms with Gasteiger partial charge in [0.25, 0.3) is 0 Å². The van der Waals surface area contributed by atoms with Gasteiger partial charge >= 0.3 is 0 Å². The van der Waals surface area contributed by atoms with E-state index in [2.05, 4.69) is 43.2 Å². The van der Waals surface area contributed by atoms with Gasteiger partial charge in [-0.05, 0) is 41.8 Å². The van der Waals surface area contributed by atoms with Gasteiger partial charge in [0.2, 0.25) is 5.88 Å². The molecule has 0 aliphatic carbocycles. The van der Waals surface area contributed by atoms with Crippen molar-refractivity contribution in [1.82, 2.24) is 10.3 Å². The van der Waals surface area contributed by atoms with Gasteiger partial charge in [0.1, 0.15) is 10.8 Å². The lowest BCUT2D eigenvalue weighted by Gasteiger charge is -2.10. The van der Waals surface area contributed by atoms with Crippen LogP contribution < -0.4 is 10.1 Å². The highest BCUT2D eigenvalue weighted by Crippen LogP contribution is 2.28. The first-order chi connectivity index (χ1) is 10.1. The van der Waals surface area contributed by atoms with Gasteiger partial charge in [0, 0.05) is 12.7 Å². The Labute approximate surface area is 131 Å². The SMILES string of the molecule is CCNCc1cnc(Oc2ccc(C(C)C)cc2)c(Cl)c1. The lowest BCUT2D eigenvalue weighted by atomic mass is 10.0. The first-order valence-electron chi connectivity index (χ1n) is 7.23. The Hall–Kier alpha value is -1.58. The van der Waals surface area contributed by atoms with Crippen LogP contribution in [0, 0.1) is 0 Å². The normalized spacial score (nSPS) is 10.9. The molecule has 0 saturated heterocycles. The molecule has 1 aromatic carbocycles. The molecular formula is C17H21ClN2O. The molecule has 0 amide bonds. The summed E-state index contributed by atoms with van der Waals surface area (Å²) in [4.78, 5) is 4.29. The average molecular weight is 305 g/mol. The monoisotopic (exact) mass is 304 g/mol. The summed E-state index contributed by atoms with van der Waals surface area (Å²) in [6.45, 7) is 8.06. The van der Waals surface area contributed by atoms with Crippen molar-refractivity contribution in [3.63, 3.8) is 0 Å². The van der Waals surface area contributed by atoms with E-state index in [4.69, 9.17) is 16.3 Å². The Kier molecular flexibility index (Phi) is 5.59. The molecule has 21 heavy (non-hydrogen) atoms. The zero-order chi connectivity index (χ0) is 15.2. The number of rotatable bonds is 6. The minimum absolute atomic E-state index is 0.439. The number of ether oxygens (including phenoxy) is 1. The fourth-order valence-electron chi connectivity index (χ4n) is 1.94. The zero-order valence-corrected chi connectivity index (χ0v) is 13.4. The molecule has 0 bridgehead atoms. The Morgan fingerprint density at radius 3 is 2.52 bits per heavy atom. The van der Waals surface area contributed by atoms with Gasteiger partial charge in [-0.25, -0.2) is 4.98 Å². The number of hydrogen-bond donors (Lipinski definition) is 1. The molecule has 0 atom stereocenters. The molecule has 2 rings (SSSR count). The lowest BCUT2D eigenvalue weighted by Crippen LogP contribution is -2.11. The summed E-state index contributed by atoms with van der Waals surface area (Å²) in [6.07, 6.45) is 1.78. The van der Waals surface area contributed by atoms with E-state index in [0.29, 0.717) is 16.8 Å². The summed E-state index contributed by atoms with van der Waals surface area (Å²) >= 11 is 6.22. The Morgan fingerprint density at radius 2 is 1.95 bits per heavy atom. The Bertz CT molecular complexity index is 582. The third-order valence-corrected chi connectivity index (χ3v) is 3.48. The Morgan fingerprint density at radius 1 is 1.24 bits per heavy atom. The van der Waals surface area contributed by atoms with Crippen LogP contribution in [-0.4, -0.2) is 11.5 Å². The van der Waals surface area contributed by atoms with Gasteiger partial charge in [-0.15, -0.1) is 0 Å². The number of benzene rings is 1. The highest BCUT2D eigenvalue weighted by Gasteiger charge is 2.07. The molecule has 0 fully saturated rings. The van der Waals surface area contributed by atoms with E-state index < -0.39 is 0 Å². The third-order valence-electron chi connectivity index (χ3n) is 3.20. The second-order valence-corrected chi connectivity index (χ2v) is 5.64. The Balaban J connectivity index is 2.08. The standard InChI is InChI=1S/C17H21ClN2O/c1-4-19-10-13-9-16(18)17(20-11-13)21-15-7-5-14(6-8-15)12(2)3/h5-9,11-12,19H,4,10H2,1-3H3. The number of nitrogens with one attached hydrogen (secondary N) is 1. The molecular weight excluding hydrogens is 284 g/mol. The van der Waals surface area contributed by atoms with Crippen molar-refractivity contribution < 1.29 is 4.74 Å². The van der Waals surface area contributed by atoms with Crippen molar-refractivity contribution >= 4 is 11.6 Å². The minimum Gasteiger partial charge on any atom is -0.438 e. The van der Waals surface area contributed by atoms with Gasteiger partial charge in [-0.2, -0.15) is 0 Å². The van der Waals surface area contributed by atoms with E-state index in [-0.39, 0.29) is 0 Å². The zero-order valence-electron chi connectivity index (χ0n) is 12.7. The van der Waals surface area contributed by atoms with E-state index >= 15 is 0 Å². The first-order valence-corrected chi connectivity index (χ1v) is 7.61. The van der Waals surface area contributed by atoms with Crippen LogP contribution in [0.4, 0.5) is 0 Å². The topological polar surface area (TPSA) is 34.2 Å². The molecule has 1 heterocycles. The van der Waals surface area contributed by atoms with E-state index in [9.17, 15) is 0 Å². The van der Waals surface area contributed by atoms with Crippen molar-refractivity contribution in [2.75, 3.05) is 6.54 Å². The molecule has 0 radical (unpaired) electrons. The fourth-order valence-corrected chi connectivity index (χ4v) is 2.17. The molecule has 0 aliphatic rings. The summed E-state index contributed by atoms with van der Waals surface area (Å²) in [7, 11) is 0. The molecule has 112 valence electrons. The largest absolute Gasteiger partial charge is 0.438 e. The number of pyridine rings is 1. The summed E-state index contributed by atoms with van der Waals surface area (Å²) in [5.74, 6) is 1.69. The van der Waals surface area contributed by atoms with Crippen molar-refractivity contribution in [2.45, 2.75) is 33.2 Å². The molecule has 0 spiro atoms. The van der Waals surface area contributed by atoms with Crippen molar-refractivity contribution in [1.29, 1.82) is 0 Å². The van der Waals surface area contributed by atoms with Crippen LogP contribution in [0.3, 0.4) is 0 Å². The first kappa shape index (κ1) is 15.8. The predicted octanol–water partition coefficient (Wildman–Crippen LogP) is 4.76. The highest BCUT2D eigenvalue weighted by molar-refractivity contribution is 6.31. The van der Waals surface area contributed by atoms with Gasteiger partial charge < -0.3 is 10.1 Å². The third kappa shape index (κ3) is 4.45. The van der Waals surface area contributed by atoms with Gasteiger partial charge in [-0.1, -0.05) is 44.5 Å². The van der Waals surface area contributed by atoms with E-state index in [0.717, 1.165) is 24.4 Å². The fraction of sp³-hybridized carbons (Fsp3) is 0.353. The van der Waals surface area contributed by atoms with E-state index in [1.165, 1.54) is 5.56 Å². The maximum absolute atomic E-state index is 6.22. The maximum atomic E-state index is 6.22. The molecule has 0 unspecified atom stereocenters. The van der Waals surface area contributed by atoms with E-state index in [1.807, 2.05) is 18.2 Å². The van der Waals surface area contributed by atoms with Crippen LogP contribution in [0.1, 0.15) is 37.8 Å². The van der Waals surface area contributed by atoms with Crippen molar-refractivity contribution in [2.24, 2.45) is 0 Å². The van der Waals surface area contributed by atoms with Crippen LogP contribution in [0.5, 0.6) is 11.6 Å². The maximum Gasteiger partial charge on any atom is 0.238 e. The van der Waals surface area contributed by atoms with E-state index in [1.54, 1.807) is 6.20 Å². The highest BCUT2D eigenvalue weighted by atomic mass is 35.5. The molecule has 0 saturated carbocycles. The molecule has 1 N–H and O–H groups in total. The lowest BCUT2D eigenvalue weighted by molar-refractivity contribution is 0.462. The quantitative estimate of drug-likeness (QED) is 0.835. The number of nitrogens with zero attached hydrogens (tertiary/aromatic N) is 1. The number of aromatic nitrogens is 1. The molecule has 4 heteroatoms. The number of halogens is 1.